The molecule has 28 heavy (non-hydrogen) atoms. The second kappa shape index (κ2) is 7.83. The fourth-order valence-electron chi connectivity index (χ4n) is 4.75. The van der Waals surface area contributed by atoms with Crippen molar-refractivity contribution in [3.8, 4) is 0 Å². The zero-order chi connectivity index (χ0) is 19.7. The lowest BCUT2D eigenvalue weighted by Crippen LogP contribution is -2.28. The molecule has 2 aromatic carbocycles. The number of rotatable bonds is 3. The van der Waals surface area contributed by atoms with Gasteiger partial charge in [0.25, 0.3) is 0 Å². The number of halogens is 1. The topological polar surface area (TPSA) is 29.4 Å². The van der Waals surface area contributed by atoms with E-state index in [0.717, 1.165) is 48.4 Å². The molecule has 0 spiro atoms. The standard InChI is InChI=1S/C25H28ClNO/c1-25(2)12-4-6-20(15-25)24(28)19-10-8-17-9-11-21(16-27-23(17)14-19)18-5-3-7-22(26)13-18/h3,5,7-8,10,13-14,16,20-21H,4,6,9,11-12,15H2,1-2H3. The number of benzene rings is 2. The van der Waals surface area contributed by atoms with Gasteiger partial charge in [0.05, 0.1) is 5.69 Å². The average molecular weight is 394 g/mol. The van der Waals surface area contributed by atoms with E-state index in [1.54, 1.807) is 0 Å². The monoisotopic (exact) mass is 393 g/mol. The Morgan fingerprint density at radius 2 is 2.00 bits per heavy atom. The molecule has 2 atom stereocenters. The van der Waals surface area contributed by atoms with Crippen LogP contribution in [0.3, 0.4) is 0 Å². The second-order valence-corrected chi connectivity index (χ2v) is 9.58. The molecule has 0 bridgehead atoms. The third-order valence-corrected chi connectivity index (χ3v) is 6.58. The van der Waals surface area contributed by atoms with E-state index in [-0.39, 0.29) is 17.3 Å². The van der Waals surface area contributed by atoms with Crippen molar-refractivity contribution < 1.29 is 4.79 Å². The van der Waals surface area contributed by atoms with Crippen LogP contribution >= 0.6 is 11.6 Å². The highest BCUT2D eigenvalue weighted by Crippen LogP contribution is 2.40. The predicted molar refractivity (Wildman–Crippen MR) is 117 cm³/mol. The number of hydrogen-bond acceptors (Lipinski definition) is 2. The molecule has 0 N–H and O–H groups in total. The van der Waals surface area contributed by atoms with Gasteiger partial charge in [0.2, 0.25) is 0 Å². The van der Waals surface area contributed by atoms with Gasteiger partial charge in [-0.05, 0) is 66.8 Å². The molecular weight excluding hydrogens is 366 g/mol. The van der Waals surface area contributed by atoms with Crippen LogP contribution in [0, 0.1) is 11.3 Å². The Bertz CT molecular complexity index is 915. The van der Waals surface area contributed by atoms with E-state index >= 15 is 0 Å². The van der Waals surface area contributed by atoms with Crippen molar-refractivity contribution in [2.75, 3.05) is 0 Å². The van der Waals surface area contributed by atoms with E-state index in [1.165, 1.54) is 17.5 Å². The van der Waals surface area contributed by atoms with Crippen molar-refractivity contribution in [1.29, 1.82) is 0 Å². The van der Waals surface area contributed by atoms with Crippen molar-refractivity contribution in [3.05, 3.63) is 64.2 Å². The molecule has 0 amide bonds. The van der Waals surface area contributed by atoms with Crippen molar-refractivity contribution in [2.24, 2.45) is 16.3 Å². The lowest BCUT2D eigenvalue weighted by molar-refractivity contribution is 0.0811. The Labute approximate surface area is 173 Å². The molecule has 0 aromatic heterocycles. The van der Waals surface area contributed by atoms with Crippen molar-refractivity contribution in [1.82, 2.24) is 0 Å². The first kappa shape index (κ1) is 19.4. The molecule has 2 aromatic rings. The van der Waals surface area contributed by atoms with Crippen LogP contribution in [0.15, 0.2) is 47.5 Å². The number of aryl methyl sites for hydroxylation is 1. The van der Waals surface area contributed by atoms with Crippen LogP contribution in [0.4, 0.5) is 5.69 Å². The molecule has 0 radical (unpaired) electrons. The summed E-state index contributed by atoms with van der Waals surface area (Å²) in [5.41, 5.74) is 4.46. The zero-order valence-electron chi connectivity index (χ0n) is 16.7. The number of ketones is 1. The first-order valence-electron chi connectivity index (χ1n) is 10.4. The van der Waals surface area contributed by atoms with Gasteiger partial charge in [-0.25, -0.2) is 0 Å². The Morgan fingerprint density at radius 3 is 2.79 bits per heavy atom. The summed E-state index contributed by atoms with van der Waals surface area (Å²) in [5, 5.41) is 0.760. The van der Waals surface area contributed by atoms with E-state index in [0.29, 0.717) is 5.78 Å². The van der Waals surface area contributed by atoms with Gasteiger partial charge >= 0.3 is 0 Å². The van der Waals surface area contributed by atoms with E-state index in [9.17, 15) is 4.79 Å². The predicted octanol–water partition coefficient (Wildman–Crippen LogP) is 7.17. The van der Waals surface area contributed by atoms with E-state index < -0.39 is 0 Å². The molecule has 1 saturated carbocycles. The minimum absolute atomic E-state index is 0.149. The van der Waals surface area contributed by atoms with E-state index in [4.69, 9.17) is 16.6 Å². The van der Waals surface area contributed by atoms with Crippen LogP contribution in [0.5, 0.6) is 0 Å². The van der Waals surface area contributed by atoms with Gasteiger partial charge in [0.1, 0.15) is 0 Å². The molecule has 146 valence electrons. The average Bonchev–Trinajstić information content (AvgIpc) is 2.88. The number of Topliss-reactive ketones (excluding diaryl/α,β-unsaturated/α-hetero) is 1. The summed E-state index contributed by atoms with van der Waals surface area (Å²) in [6.45, 7) is 4.56. The Kier molecular flexibility index (Phi) is 5.42. The Morgan fingerprint density at radius 1 is 1.14 bits per heavy atom. The normalized spacial score (nSPS) is 23.7. The summed E-state index contributed by atoms with van der Waals surface area (Å²) >= 11 is 6.16. The zero-order valence-corrected chi connectivity index (χ0v) is 17.5. The van der Waals surface area contributed by atoms with Gasteiger partial charge in [0, 0.05) is 28.6 Å². The second-order valence-electron chi connectivity index (χ2n) is 9.14. The molecule has 1 fully saturated rings. The molecular formula is C25H28ClNO. The first-order chi connectivity index (χ1) is 13.4. The number of carbonyl (C=O) groups is 1. The van der Waals surface area contributed by atoms with Gasteiger partial charge in [-0.2, -0.15) is 0 Å². The van der Waals surface area contributed by atoms with Crippen molar-refractivity contribution in [2.45, 2.75) is 58.3 Å². The maximum atomic E-state index is 13.1. The molecule has 2 aliphatic rings. The van der Waals surface area contributed by atoms with E-state index in [1.807, 2.05) is 36.5 Å². The SMILES string of the molecule is CC1(C)CCCC(C(=O)c2ccc3c(c2)N=CC(c2cccc(Cl)c2)CC3)C1. The van der Waals surface area contributed by atoms with Crippen LogP contribution in [-0.4, -0.2) is 12.0 Å². The van der Waals surface area contributed by atoms with Gasteiger partial charge < -0.3 is 0 Å². The molecule has 2 nitrogen and oxygen atoms in total. The van der Waals surface area contributed by atoms with Crippen LogP contribution in [0.2, 0.25) is 5.02 Å². The summed E-state index contributed by atoms with van der Waals surface area (Å²) in [4.78, 5) is 17.9. The van der Waals surface area contributed by atoms with Crippen LogP contribution in [-0.2, 0) is 6.42 Å². The molecule has 1 heterocycles. The summed E-state index contributed by atoms with van der Waals surface area (Å²) < 4.78 is 0. The number of carbonyl (C=O) groups excluding carboxylic acids is 1. The van der Waals surface area contributed by atoms with Gasteiger partial charge in [0.15, 0.2) is 5.78 Å². The smallest absolute Gasteiger partial charge is 0.166 e. The fraction of sp³-hybridized carbons (Fsp3) is 0.440. The van der Waals surface area contributed by atoms with Gasteiger partial charge in [-0.3, -0.25) is 9.79 Å². The lowest BCUT2D eigenvalue weighted by Gasteiger charge is -2.34. The minimum Gasteiger partial charge on any atom is -0.294 e. The van der Waals surface area contributed by atoms with Gasteiger partial charge in [-0.15, -0.1) is 0 Å². The minimum atomic E-state index is 0.149. The van der Waals surface area contributed by atoms with Crippen LogP contribution < -0.4 is 0 Å². The lowest BCUT2D eigenvalue weighted by atomic mass is 9.70. The maximum absolute atomic E-state index is 13.1. The third kappa shape index (κ3) is 4.22. The molecule has 4 rings (SSSR count). The molecule has 3 heteroatoms. The highest BCUT2D eigenvalue weighted by atomic mass is 35.5. The maximum Gasteiger partial charge on any atom is 0.166 e. The number of aliphatic imine (C=N–C) groups is 1. The summed E-state index contributed by atoms with van der Waals surface area (Å²) in [6.07, 6.45) is 8.35. The Balaban J connectivity index is 1.56. The molecule has 1 aliphatic heterocycles. The first-order valence-corrected chi connectivity index (χ1v) is 10.8. The highest BCUT2D eigenvalue weighted by Gasteiger charge is 2.32. The quantitative estimate of drug-likeness (QED) is 0.508. The van der Waals surface area contributed by atoms with Crippen molar-refractivity contribution in [3.63, 3.8) is 0 Å². The molecule has 2 unspecified atom stereocenters. The van der Waals surface area contributed by atoms with Crippen LogP contribution in [0.25, 0.3) is 0 Å². The van der Waals surface area contributed by atoms with Crippen molar-refractivity contribution >= 4 is 29.3 Å². The third-order valence-electron chi connectivity index (χ3n) is 6.34. The number of hydrogen-bond donors (Lipinski definition) is 0. The number of fused-ring (bicyclic) bond motifs is 1. The van der Waals surface area contributed by atoms with Crippen LogP contribution in [0.1, 0.15) is 73.4 Å². The summed E-state index contributed by atoms with van der Waals surface area (Å²) in [6, 6.07) is 14.2. The van der Waals surface area contributed by atoms with E-state index in [2.05, 4.69) is 26.0 Å². The fourth-order valence-corrected chi connectivity index (χ4v) is 4.95. The molecule has 1 aliphatic carbocycles. The Hall–Kier alpha value is -1.93. The van der Waals surface area contributed by atoms with Gasteiger partial charge in [-0.1, -0.05) is 56.1 Å². The summed E-state index contributed by atoms with van der Waals surface area (Å²) in [5.74, 6) is 0.696. The largest absolute Gasteiger partial charge is 0.294 e. The molecule has 0 saturated heterocycles. The number of nitrogens with zero attached hydrogens (tertiary/aromatic N) is 1. The highest BCUT2D eigenvalue weighted by molar-refractivity contribution is 6.30. The summed E-state index contributed by atoms with van der Waals surface area (Å²) in [7, 11) is 0.